The topological polar surface area (TPSA) is 69.0 Å². The first-order valence-electron chi connectivity index (χ1n) is 9.74. The van der Waals surface area contributed by atoms with Crippen LogP contribution in [0.3, 0.4) is 0 Å². The van der Waals surface area contributed by atoms with Crippen molar-refractivity contribution in [1.29, 1.82) is 5.26 Å². The molecule has 2 aromatic carbocycles. The fourth-order valence-electron chi connectivity index (χ4n) is 4.03. The molecule has 0 atom stereocenters. The Morgan fingerprint density at radius 3 is 2.70 bits per heavy atom. The molecule has 148 valence electrons. The zero-order valence-electron chi connectivity index (χ0n) is 17.2. The third kappa shape index (κ3) is 3.23. The van der Waals surface area contributed by atoms with Gasteiger partial charge in [-0.15, -0.1) is 0 Å². The summed E-state index contributed by atoms with van der Waals surface area (Å²) in [5.41, 5.74) is 4.62. The number of pyridine rings is 1. The van der Waals surface area contributed by atoms with Crippen molar-refractivity contribution < 1.29 is 4.79 Å². The number of rotatable bonds is 3. The highest BCUT2D eigenvalue weighted by molar-refractivity contribution is 6.10. The number of allylic oxidation sites excluding steroid dienone is 3. The van der Waals surface area contributed by atoms with Crippen molar-refractivity contribution in [3.05, 3.63) is 89.8 Å². The molecule has 0 saturated heterocycles. The second kappa shape index (κ2) is 7.49. The molecule has 1 amide bonds. The highest BCUT2D eigenvalue weighted by atomic mass is 16.1. The van der Waals surface area contributed by atoms with Crippen LogP contribution in [0.5, 0.6) is 0 Å². The number of aromatic nitrogens is 1. The van der Waals surface area contributed by atoms with Gasteiger partial charge in [-0.25, -0.2) is 0 Å². The number of hydrogen-bond acceptors (Lipinski definition) is 4. The third-order valence-corrected chi connectivity index (χ3v) is 5.61. The number of para-hydroxylation sites is 1. The molecule has 0 aliphatic carbocycles. The van der Waals surface area contributed by atoms with E-state index in [9.17, 15) is 10.1 Å². The number of hydrogen-bond donors (Lipinski definition) is 1. The van der Waals surface area contributed by atoms with Gasteiger partial charge < -0.3 is 10.2 Å². The lowest BCUT2D eigenvalue weighted by molar-refractivity contribution is -0.112. The van der Waals surface area contributed by atoms with Gasteiger partial charge in [0.1, 0.15) is 11.6 Å². The maximum atomic E-state index is 12.8. The summed E-state index contributed by atoms with van der Waals surface area (Å²) in [6.07, 6.45) is 5.17. The Morgan fingerprint density at radius 2 is 1.93 bits per heavy atom. The predicted molar refractivity (Wildman–Crippen MR) is 120 cm³/mol. The maximum Gasteiger partial charge on any atom is 0.266 e. The molecule has 3 aromatic rings. The van der Waals surface area contributed by atoms with Gasteiger partial charge in [0.05, 0.1) is 11.2 Å². The standard InChI is InChI=1S/C25H22N4O/c1-25(2)19-9-4-5-12-22(19)29(3)23(25)14-13-17(16-26)24(30)28-21-11-6-10-20-18(21)8-7-15-27-20/h4-15H,1-3H3,(H,28,30)/b17-13+,23-14-. The molecule has 1 aliphatic rings. The van der Waals surface area contributed by atoms with E-state index in [4.69, 9.17) is 0 Å². The minimum atomic E-state index is -0.443. The number of fused-ring (bicyclic) bond motifs is 2. The first-order valence-corrected chi connectivity index (χ1v) is 9.74. The zero-order valence-corrected chi connectivity index (χ0v) is 17.2. The summed E-state index contributed by atoms with van der Waals surface area (Å²) in [5, 5.41) is 13.3. The lowest BCUT2D eigenvalue weighted by Gasteiger charge is -2.23. The Bertz CT molecular complexity index is 1240. The van der Waals surface area contributed by atoms with Crippen molar-refractivity contribution in [3.63, 3.8) is 0 Å². The van der Waals surface area contributed by atoms with E-state index in [0.717, 1.165) is 22.3 Å². The number of nitrogens with zero attached hydrogens (tertiary/aromatic N) is 3. The number of amides is 1. The van der Waals surface area contributed by atoms with Crippen LogP contribution in [0.2, 0.25) is 0 Å². The Hall–Kier alpha value is -3.91. The number of anilines is 2. The molecule has 0 unspecified atom stereocenters. The number of carbonyl (C=O) groups excluding carboxylic acids is 1. The molecule has 1 aliphatic heterocycles. The van der Waals surface area contributed by atoms with Gasteiger partial charge >= 0.3 is 0 Å². The lowest BCUT2D eigenvalue weighted by Crippen LogP contribution is -2.22. The molecule has 1 N–H and O–H groups in total. The second-order valence-electron chi connectivity index (χ2n) is 7.78. The highest BCUT2D eigenvalue weighted by Crippen LogP contribution is 2.46. The van der Waals surface area contributed by atoms with Gasteiger partial charge in [-0.2, -0.15) is 5.26 Å². The Balaban J connectivity index is 1.64. The second-order valence-corrected chi connectivity index (χ2v) is 7.78. The number of nitrogens with one attached hydrogen (secondary N) is 1. The van der Waals surface area contributed by atoms with Crippen LogP contribution in [0, 0.1) is 11.3 Å². The van der Waals surface area contributed by atoms with Gasteiger partial charge in [-0.3, -0.25) is 9.78 Å². The summed E-state index contributed by atoms with van der Waals surface area (Å²) in [6.45, 7) is 4.29. The molecule has 0 saturated carbocycles. The van der Waals surface area contributed by atoms with Gasteiger partial charge in [0.2, 0.25) is 0 Å². The fraction of sp³-hybridized carbons (Fsp3) is 0.160. The van der Waals surface area contributed by atoms with Crippen molar-refractivity contribution in [2.75, 3.05) is 17.3 Å². The van der Waals surface area contributed by atoms with E-state index < -0.39 is 5.91 Å². The average Bonchev–Trinajstić information content (AvgIpc) is 2.95. The average molecular weight is 394 g/mol. The van der Waals surface area contributed by atoms with Crippen LogP contribution in [-0.4, -0.2) is 17.9 Å². The highest BCUT2D eigenvalue weighted by Gasteiger charge is 2.37. The zero-order chi connectivity index (χ0) is 21.3. The predicted octanol–water partition coefficient (Wildman–Crippen LogP) is 4.93. The molecule has 0 radical (unpaired) electrons. The van der Waals surface area contributed by atoms with Gasteiger partial charge in [-0.1, -0.05) is 38.1 Å². The quantitative estimate of drug-likeness (QED) is 0.505. The van der Waals surface area contributed by atoms with Crippen LogP contribution in [0.25, 0.3) is 10.9 Å². The molecular weight excluding hydrogens is 372 g/mol. The lowest BCUT2D eigenvalue weighted by atomic mass is 9.83. The SMILES string of the molecule is CN1/C(=C\C=C(/C#N)C(=O)Nc2cccc3ncccc23)C(C)(C)c2ccccc21. The Kier molecular flexibility index (Phi) is 4.85. The smallest absolute Gasteiger partial charge is 0.266 e. The largest absolute Gasteiger partial charge is 0.347 e. The van der Waals surface area contributed by atoms with Gasteiger partial charge in [0, 0.05) is 35.4 Å². The van der Waals surface area contributed by atoms with Crippen LogP contribution in [0.1, 0.15) is 19.4 Å². The number of benzene rings is 2. The molecule has 5 nitrogen and oxygen atoms in total. The maximum absolute atomic E-state index is 12.8. The minimum absolute atomic E-state index is 0.0450. The van der Waals surface area contributed by atoms with Gasteiger partial charge in [-0.05, 0) is 48.0 Å². The fourth-order valence-corrected chi connectivity index (χ4v) is 4.03. The van der Waals surface area contributed by atoms with E-state index in [2.05, 4.69) is 41.2 Å². The number of nitriles is 1. The van der Waals surface area contributed by atoms with Gasteiger partial charge in [0.15, 0.2) is 0 Å². The monoisotopic (exact) mass is 394 g/mol. The molecule has 2 heterocycles. The van der Waals surface area contributed by atoms with E-state index in [1.807, 2.05) is 55.6 Å². The summed E-state index contributed by atoms with van der Waals surface area (Å²) in [6, 6.07) is 19.5. The van der Waals surface area contributed by atoms with E-state index in [0.29, 0.717) is 5.69 Å². The molecule has 30 heavy (non-hydrogen) atoms. The Labute approximate surface area is 176 Å². The first kappa shape index (κ1) is 19.4. The van der Waals surface area contributed by atoms with Crippen molar-refractivity contribution in [3.8, 4) is 6.07 Å². The van der Waals surface area contributed by atoms with Crippen molar-refractivity contribution >= 4 is 28.2 Å². The van der Waals surface area contributed by atoms with Crippen LogP contribution in [-0.2, 0) is 10.2 Å². The van der Waals surface area contributed by atoms with Crippen molar-refractivity contribution in [1.82, 2.24) is 4.98 Å². The van der Waals surface area contributed by atoms with E-state index >= 15 is 0 Å². The first-order chi connectivity index (χ1) is 14.4. The molecule has 0 spiro atoms. The van der Waals surface area contributed by atoms with E-state index in [-0.39, 0.29) is 11.0 Å². The number of carbonyl (C=O) groups is 1. The van der Waals surface area contributed by atoms with Gasteiger partial charge in [0.25, 0.3) is 5.91 Å². The number of likely N-dealkylation sites (N-methyl/N-ethyl adjacent to an activating group) is 1. The van der Waals surface area contributed by atoms with Crippen LogP contribution in [0.15, 0.2) is 84.2 Å². The summed E-state index contributed by atoms with van der Waals surface area (Å²) in [4.78, 5) is 19.2. The summed E-state index contributed by atoms with van der Waals surface area (Å²) >= 11 is 0. The molecule has 5 heteroatoms. The van der Waals surface area contributed by atoms with Crippen molar-refractivity contribution in [2.45, 2.75) is 19.3 Å². The van der Waals surface area contributed by atoms with Crippen LogP contribution < -0.4 is 10.2 Å². The molecular formula is C25H22N4O. The van der Waals surface area contributed by atoms with Crippen LogP contribution >= 0.6 is 0 Å². The minimum Gasteiger partial charge on any atom is -0.347 e. The summed E-state index contributed by atoms with van der Waals surface area (Å²) in [5.74, 6) is -0.443. The Morgan fingerprint density at radius 1 is 1.13 bits per heavy atom. The molecule has 1 aromatic heterocycles. The third-order valence-electron chi connectivity index (χ3n) is 5.61. The van der Waals surface area contributed by atoms with E-state index in [1.54, 1.807) is 18.3 Å². The summed E-state index contributed by atoms with van der Waals surface area (Å²) < 4.78 is 0. The summed E-state index contributed by atoms with van der Waals surface area (Å²) in [7, 11) is 2.00. The molecule has 4 rings (SSSR count). The van der Waals surface area contributed by atoms with Crippen LogP contribution in [0.4, 0.5) is 11.4 Å². The van der Waals surface area contributed by atoms with E-state index in [1.165, 1.54) is 5.56 Å². The normalized spacial score (nSPS) is 16.4. The molecule has 0 bridgehead atoms. The molecule has 0 fully saturated rings. The van der Waals surface area contributed by atoms with Crippen molar-refractivity contribution in [2.24, 2.45) is 0 Å².